The topological polar surface area (TPSA) is 87.6 Å². The number of hydrogen-bond acceptors (Lipinski definition) is 6. The SMILES string of the molecule is Cc1ccc2c(N3CC[C@@H](CNC(=O)OCC(C)C)C3)nc(-c3c(O)cccc3F)nc2c1.[HH].[HH]. The highest BCUT2D eigenvalue weighted by molar-refractivity contribution is 5.92. The van der Waals surface area contributed by atoms with Crippen LogP contribution in [0.1, 0.15) is 28.7 Å². The van der Waals surface area contributed by atoms with Gasteiger partial charge in [-0.15, -0.1) is 0 Å². The first-order valence-electron chi connectivity index (χ1n) is 11.2. The Morgan fingerprint density at radius 2 is 2.15 bits per heavy atom. The van der Waals surface area contributed by atoms with Gasteiger partial charge in [0, 0.05) is 27.9 Å². The van der Waals surface area contributed by atoms with Gasteiger partial charge in [-0.05, 0) is 55.0 Å². The van der Waals surface area contributed by atoms with Crippen LogP contribution in [0.2, 0.25) is 0 Å². The number of rotatable bonds is 6. The average Bonchev–Trinajstić information content (AvgIpc) is 3.24. The number of phenols is 1. The van der Waals surface area contributed by atoms with Gasteiger partial charge in [0.1, 0.15) is 17.4 Å². The smallest absolute Gasteiger partial charge is 0.407 e. The number of aryl methyl sites for hydroxylation is 1. The summed E-state index contributed by atoms with van der Waals surface area (Å²) in [5, 5.41) is 14.0. The van der Waals surface area contributed by atoms with Crippen LogP contribution in [0.25, 0.3) is 22.3 Å². The molecule has 8 heteroatoms. The molecule has 2 N–H and O–H groups in total. The monoisotopic (exact) mass is 456 g/mol. The molecule has 3 aromatic rings. The minimum atomic E-state index is -0.573. The summed E-state index contributed by atoms with van der Waals surface area (Å²) in [5.74, 6) is 0.598. The minimum absolute atomic E-state index is 0. The van der Waals surface area contributed by atoms with Gasteiger partial charge in [0.25, 0.3) is 0 Å². The molecule has 1 saturated heterocycles. The first-order valence-corrected chi connectivity index (χ1v) is 11.2. The molecular weight excluding hydrogens is 423 g/mol. The van der Waals surface area contributed by atoms with Crippen molar-refractivity contribution in [2.45, 2.75) is 27.2 Å². The lowest BCUT2D eigenvalue weighted by atomic mass is 10.1. The number of benzene rings is 2. The third-order valence-corrected chi connectivity index (χ3v) is 5.72. The van der Waals surface area contributed by atoms with E-state index in [0.29, 0.717) is 31.0 Å². The Kier molecular flexibility index (Phi) is 6.62. The van der Waals surface area contributed by atoms with Gasteiger partial charge in [-0.3, -0.25) is 0 Å². The summed E-state index contributed by atoms with van der Waals surface area (Å²) in [7, 11) is 0. The van der Waals surface area contributed by atoms with Crippen LogP contribution in [-0.2, 0) is 4.74 Å². The van der Waals surface area contributed by atoms with Crippen molar-refractivity contribution in [3.63, 3.8) is 0 Å². The van der Waals surface area contributed by atoms with E-state index in [0.717, 1.165) is 23.9 Å². The lowest BCUT2D eigenvalue weighted by Crippen LogP contribution is -2.32. The first kappa shape index (κ1) is 22.8. The molecule has 4 rings (SSSR count). The predicted molar refractivity (Wildman–Crippen MR) is 130 cm³/mol. The molecule has 0 spiro atoms. The molecule has 1 amide bonds. The summed E-state index contributed by atoms with van der Waals surface area (Å²) >= 11 is 0. The number of amides is 1. The van der Waals surface area contributed by atoms with Gasteiger partial charge in [-0.1, -0.05) is 26.0 Å². The van der Waals surface area contributed by atoms with Crippen LogP contribution >= 0.6 is 0 Å². The molecule has 178 valence electrons. The summed E-state index contributed by atoms with van der Waals surface area (Å²) < 4.78 is 19.8. The maximum absolute atomic E-state index is 14.6. The van der Waals surface area contributed by atoms with E-state index in [1.54, 1.807) is 0 Å². The normalized spacial score (nSPS) is 15.9. The Morgan fingerprint density at radius 3 is 2.91 bits per heavy atom. The lowest BCUT2D eigenvalue weighted by molar-refractivity contribution is 0.132. The van der Waals surface area contributed by atoms with E-state index in [1.165, 1.54) is 18.2 Å². The zero-order chi connectivity index (χ0) is 23.5. The van der Waals surface area contributed by atoms with Crippen molar-refractivity contribution in [3.05, 3.63) is 47.8 Å². The number of phenolic OH excluding ortho intramolecular Hbond substituents is 1. The number of anilines is 1. The summed E-state index contributed by atoms with van der Waals surface area (Å²) in [4.78, 5) is 23.3. The molecule has 1 aromatic heterocycles. The summed E-state index contributed by atoms with van der Waals surface area (Å²) in [6, 6.07) is 10.1. The minimum Gasteiger partial charge on any atom is -0.507 e. The maximum Gasteiger partial charge on any atom is 0.407 e. The number of ether oxygens (including phenoxy) is 1. The molecule has 0 bridgehead atoms. The predicted octanol–water partition coefficient (Wildman–Crippen LogP) is 5.15. The van der Waals surface area contributed by atoms with Crippen molar-refractivity contribution in [1.82, 2.24) is 15.3 Å². The number of fused-ring (bicyclic) bond motifs is 1. The molecule has 2 aromatic carbocycles. The number of nitrogens with zero attached hydrogens (tertiary/aromatic N) is 3. The molecule has 0 unspecified atom stereocenters. The largest absolute Gasteiger partial charge is 0.507 e. The van der Waals surface area contributed by atoms with Crippen molar-refractivity contribution >= 4 is 22.8 Å². The summed E-state index contributed by atoms with van der Waals surface area (Å²) in [6.07, 6.45) is 0.477. The number of carbonyl (C=O) groups is 1. The molecule has 1 aliphatic heterocycles. The average molecular weight is 457 g/mol. The number of aromatic nitrogens is 2. The third kappa shape index (κ3) is 5.16. The van der Waals surface area contributed by atoms with Gasteiger partial charge >= 0.3 is 6.09 Å². The second-order valence-corrected chi connectivity index (χ2v) is 9.00. The quantitative estimate of drug-likeness (QED) is 0.533. The summed E-state index contributed by atoms with van der Waals surface area (Å²) in [5.41, 5.74) is 1.71. The fraction of sp³-hybridized carbons (Fsp3) is 0.400. The Morgan fingerprint density at radius 1 is 1.33 bits per heavy atom. The van der Waals surface area contributed by atoms with Crippen LogP contribution < -0.4 is 10.2 Å². The first-order chi connectivity index (χ1) is 15.8. The van der Waals surface area contributed by atoms with Gasteiger partial charge in [-0.25, -0.2) is 19.2 Å². The number of carbonyl (C=O) groups excluding carboxylic acids is 1. The zero-order valence-corrected chi connectivity index (χ0v) is 19.1. The summed E-state index contributed by atoms with van der Waals surface area (Å²) in [6.45, 7) is 8.29. The molecule has 1 aliphatic rings. The molecule has 0 aliphatic carbocycles. The van der Waals surface area contributed by atoms with E-state index in [4.69, 9.17) is 4.74 Å². The molecule has 1 atom stereocenters. The zero-order valence-electron chi connectivity index (χ0n) is 19.1. The Hall–Kier alpha value is -3.42. The van der Waals surface area contributed by atoms with Crippen LogP contribution in [-0.4, -0.2) is 47.4 Å². The van der Waals surface area contributed by atoms with Crippen molar-refractivity contribution in [2.75, 3.05) is 31.1 Å². The van der Waals surface area contributed by atoms with Crippen molar-refractivity contribution in [3.8, 4) is 17.1 Å². The van der Waals surface area contributed by atoms with Gasteiger partial charge < -0.3 is 20.1 Å². The van der Waals surface area contributed by atoms with E-state index in [9.17, 15) is 14.3 Å². The number of alkyl carbamates (subject to hydrolysis) is 1. The Balaban J connectivity index is 0.00000216. The van der Waals surface area contributed by atoms with Gasteiger partial charge in [0.05, 0.1) is 17.7 Å². The molecular formula is C25H33FN4O3. The van der Waals surface area contributed by atoms with Crippen LogP contribution in [0.4, 0.5) is 15.0 Å². The number of nitrogens with one attached hydrogen (secondary N) is 1. The lowest BCUT2D eigenvalue weighted by Gasteiger charge is -2.21. The number of halogens is 1. The fourth-order valence-corrected chi connectivity index (χ4v) is 4.02. The van der Waals surface area contributed by atoms with E-state index < -0.39 is 11.9 Å². The van der Waals surface area contributed by atoms with E-state index >= 15 is 0 Å². The highest BCUT2D eigenvalue weighted by Gasteiger charge is 2.27. The molecule has 7 nitrogen and oxygen atoms in total. The highest BCUT2D eigenvalue weighted by Crippen LogP contribution is 2.35. The van der Waals surface area contributed by atoms with E-state index in [-0.39, 0.29) is 31.8 Å². The number of hydrogen-bond donors (Lipinski definition) is 2. The van der Waals surface area contributed by atoms with Crippen molar-refractivity contribution in [1.29, 1.82) is 0 Å². The van der Waals surface area contributed by atoms with Gasteiger partial charge in [0.2, 0.25) is 0 Å². The van der Waals surface area contributed by atoms with Gasteiger partial charge in [-0.2, -0.15) is 0 Å². The maximum atomic E-state index is 14.6. The van der Waals surface area contributed by atoms with Crippen LogP contribution in [0.15, 0.2) is 36.4 Å². The fourth-order valence-electron chi connectivity index (χ4n) is 4.02. The van der Waals surface area contributed by atoms with Crippen LogP contribution in [0.5, 0.6) is 5.75 Å². The molecule has 1 fully saturated rings. The van der Waals surface area contributed by atoms with Crippen LogP contribution in [0, 0.1) is 24.6 Å². The van der Waals surface area contributed by atoms with Crippen molar-refractivity contribution < 1.29 is 21.9 Å². The third-order valence-electron chi connectivity index (χ3n) is 5.72. The van der Waals surface area contributed by atoms with Gasteiger partial charge in [0.15, 0.2) is 5.82 Å². The second kappa shape index (κ2) is 9.60. The number of aromatic hydroxyl groups is 1. The van der Waals surface area contributed by atoms with E-state index in [1.807, 2.05) is 39.0 Å². The van der Waals surface area contributed by atoms with E-state index in [2.05, 4.69) is 20.2 Å². The molecule has 0 saturated carbocycles. The van der Waals surface area contributed by atoms with Crippen LogP contribution in [0.3, 0.4) is 0 Å². The molecule has 0 radical (unpaired) electrons. The van der Waals surface area contributed by atoms with Crippen molar-refractivity contribution in [2.24, 2.45) is 11.8 Å². The Bertz CT molecular complexity index is 1160. The second-order valence-electron chi connectivity index (χ2n) is 9.00. The molecule has 33 heavy (non-hydrogen) atoms. The Labute approximate surface area is 195 Å². The standard InChI is InChI=1S/C25H29FN4O3.2H2/c1-15(2)14-33-25(32)27-12-17-9-10-30(13-17)24-18-8-7-16(3)11-20(18)28-23(29-24)22-19(26)5-4-6-21(22)31;;/h4-8,11,15,17,31H,9-10,12-14H2,1-3H3,(H,27,32);2*1H/t17-;;/m0../s1. The highest BCUT2D eigenvalue weighted by atomic mass is 19.1. The molecule has 2 heterocycles.